The Morgan fingerprint density at radius 3 is 2.70 bits per heavy atom. The monoisotopic (exact) mass is 450 g/mol. The number of halogens is 1. The number of carbonyl (C=O) groups excluding carboxylic acids is 1. The van der Waals surface area contributed by atoms with Crippen molar-refractivity contribution in [2.75, 3.05) is 24.5 Å². The van der Waals surface area contributed by atoms with Gasteiger partial charge in [0.1, 0.15) is 11.6 Å². The van der Waals surface area contributed by atoms with E-state index in [1.165, 1.54) is 19.2 Å². The van der Waals surface area contributed by atoms with Crippen LogP contribution in [-0.2, 0) is 11.3 Å². The van der Waals surface area contributed by atoms with Crippen LogP contribution >= 0.6 is 0 Å². The number of aromatic amines is 1. The highest BCUT2D eigenvalue weighted by Gasteiger charge is 2.24. The number of anilines is 3. The first kappa shape index (κ1) is 22.1. The smallest absolute Gasteiger partial charge is 0.324 e. The lowest BCUT2D eigenvalue weighted by Gasteiger charge is -2.24. The van der Waals surface area contributed by atoms with Crippen molar-refractivity contribution >= 4 is 34.1 Å². The summed E-state index contributed by atoms with van der Waals surface area (Å²) in [5.41, 5.74) is 20.6. The van der Waals surface area contributed by atoms with Gasteiger partial charge in [-0.1, -0.05) is 24.3 Å². The van der Waals surface area contributed by atoms with E-state index in [2.05, 4.69) is 10.2 Å². The standard InChI is InChI=1S/C23H23FN6O3/c1-32-12-33-20-10-14(15-3-2-4-17-21(15)22(26)29-28-17)6-8-18(20)30(23(27)31)19-9-13(11-25)5-7-16(19)24/h2-10H,11-12,25H2,1H3,(H2,27,31)(H3,26,28,29). The number of nitrogens with two attached hydrogens (primary N) is 3. The maximum Gasteiger partial charge on any atom is 0.324 e. The van der Waals surface area contributed by atoms with Gasteiger partial charge in [0.2, 0.25) is 0 Å². The van der Waals surface area contributed by atoms with Crippen molar-refractivity contribution in [1.29, 1.82) is 0 Å². The molecule has 0 bridgehead atoms. The first-order chi connectivity index (χ1) is 15.9. The molecule has 7 N–H and O–H groups in total. The highest BCUT2D eigenvalue weighted by molar-refractivity contribution is 6.03. The van der Waals surface area contributed by atoms with Gasteiger partial charge in [0.15, 0.2) is 12.6 Å². The van der Waals surface area contributed by atoms with Gasteiger partial charge < -0.3 is 26.7 Å². The predicted octanol–water partition coefficient (Wildman–Crippen LogP) is 3.61. The Labute approximate surface area is 188 Å². The summed E-state index contributed by atoms with van der Waals surface area (Å²) in [5.74, 6) is -0.0306. The van der Waals surface area contributed by atoms with E-state index in [0.29, 0.717) is 11.4 Å². The van der Waals surface area contributed by atoms with E-state index in [-0.39, 0.29) is 30.5 Å². The molecule has 0 saturated carbocycles. The van der Waals surface area contributed by atoms with E-state index in [1.807, 2.05) is 18.2 Å². The van der Waals surface area contributed by atoms with Gasteiger partial charge >= 0.3 is 6.03 Å². The van der Waals surface area contributed by atoms with Gasteiger partial charge in [0.05, 0.1) is 22.3 Å². The molecule has 2 amide bonds. The van der Waals surface area contributed by atoms with Crippen LogP contribution in [0.3, 0.4) is 0 Å². The lowest BCUT2D eigenvalue weighted by Crippen LogP contribution is -2.32. The number of nitrogens with one attached hydrogen (secondary N) is 1. The molecule has 0 spiro atoms. The molecule has 0 aliphatic carbocycles. The number of hydrogen-bond acceptors (Lipinski definition) is 6. The summed E-state index contributed by atoms with van der Waals surface area (Å²) >= 11 is 0. The summed E-state index contributed by atoms with van der Waals surface area (Å²) < 4.78 is 25.5. The minimum absolute atomic E-state index is 0.0401. The van der Waals surface area contributed by atoms with E-state index in [9.17, 15) is 9.18 Å². The fraction of sp³-hybridized carbons (Fsp3) is 0.130. The summed E-state index contributed by atoms with van der Waals surface area (Å²) in [6.07, 6.45) is 0. The maximum absolute atomic E-state index is 14.7. The molecule has 3 aromatic carbocycles. The molecule has 33 heavy (non-hydrogen) atoms. The van der Waals surface area contributed by atoms with Crippen molar-refractivity contribution in [2.24, 2.45) is 11.5 Å². The van der Waals surface area contributed by atoms with Crippen LogP contribution in [0.2, 0.25) is 0 Å². The number of fused-ring (bicyclic) bond motifs is 1. The summed E-state index contributed by atoms with van der Waals surface area (Å²) in [6, 6.07) is 14.1. The van der Waals surface area contributed by atoms with Crippen molar-refractivity contribution < 1.29 is 18.7 Å². The predicted molar refractivity (Wildman–Crippen MR) is 124 cm³/mol. The fourth-order valence-corrected chi connectivity index (χ4v) is 3.67. The van der Waals surface area contributed by atoms with Gasteiger partial charge in [0, 0.05) is 13.7 Å². The number of ether oxygens (including phenoxy) is 2. The number of aromatic nitrogens is 2. The molecule has 0 radical (unpaired) electrons. The van der Waals surface area contributed by atoms with Crippen LogP contribution in [0.1, 0.15) is 5.56 Å². The Hall–Kier alpha value is -4.15. The molecule has 0 fully saturated rings. The molecule has 0 saturated heterocycles. The second kappa shape index (κ2) is 9.15. The van der Waals surface area contributed by atoms with Gasteiger partial charge in [-0.25, -0.2) is 9.18 Å². The molecule has 1 aromatic heterocycles. The summed E-state index contributed by atoms with van der Waals surface area (Å²) in [7, 11) is 1.46. The molecule has 0 aliphatic heterocycles. The third-order valence-electron chi connectivity index (χ3n) is 5.17. The lowest BCUT2D eigenvalue weighted by molar-refractivity contribution is 0.0515. The highest BCUT2D eigenvalue weighted by Crippen LogP contribution is 2.40. The summed E-state index contributed by atoms with van der Waals surface area (Å²) in [6.45, 7) is 0.0639. The number of benzene rings is 3. The number of carbonyl (C=O) groups is 1. The Kier molecular flexibility index (Phi) is 6.11. The Balaban J connectivity index is 1.89. The number of nitrogens with zero attached hydrogens (tertiary/aromatic N) is 2. The molecule has 0 atom stereocenters. The third-order valence-corrected chi connectivity index (χ3v) is 5.17. The first-order valence-electron chi connectivity index (χ1n) is 10.0. The number of H-pyrrole nitrogens is 1. The van der Waals surface area contributed by atoms with E-state index in [4.69, 9.17) is 26.7 Å². The van der Waals surface area contributed by atoms with Gasteiger partial charge in [-0.15, -0.1) is 0 Å². The normalized spacial score (nSPS) is 11.0. The van der Waals surface area contributed by atoms with Crippen LogP contribution < -0.4 is 26.8 Å². The second-order valence-corrected chi connectivity index (χ2v) is 7.23. The molecule has 9 nitrogen and oxygen atoms in total. The van der Waals surface area contributed by atoms with E-state index < -0.39 is 11.8 Å². The molecule has 10 heteroatoms. The number of methoxy groups -OCH3 is 1. The number of urea groups is 1. The number of primary amides is 1. The van der Waals surface area contributed by atoms with Crippen LogP contribution in [0.5, 0.6) is 5.75 Å². The zero-order valence-corrected chi connectivity index (χ0v) is 17.8. The zero-order chi connectivity index (χ0) is 23.5. The van der Waals surface area contributed by atoms with E-state index >= 15 is 0 Å². The maximum atomic E-state index is 14.7. The van der Waals surface area contributed by atoms with Gasteiger partial charge in [-0.3, -0.25) is 10.00 Å². The van der Waals surface area contributed by atoms with E-state index in [1.54, 1.807) is 24.3 Å². The number of rotatable bonds is 7. The van der Waals surface area contributed by atoms with E-state index in [0.717, 1.165) is 26.9 Å². The number of hydrogen-bond donors (Lipinski definition) is 4. The van der Waals surface area contributed by atoms with Crippen molar-refractivity contribution in [3.05, 3.63) is 66.0 Å². The van der Waals surface area contributed by atoms with Gasteiger partial charge in [-0.05, 0) is 47.0 Å². The first-order valence-corrected chi connectivity index (χ1v) is 10.0. The molecule has 170 valence electrons. The summed E-state index contributed by atoms with van der Waals surface area (Å²) in [4.78, 5) is 13.5. The largest absolute Gasteiger partial charge is 0.465 e. The Bertz CT molecular complexity index is 1320. The molecule has 4 rings (SSSR count). The van der Waals surface area contributed by atoms with Gasteiger partial charge in [-0.2, -0.15) is 5.10 Å². The van der Waals surface area contributed by atoms with Crippen molar-refractivity contribution in [1.82, 2.24) is 10.2 Å². The van der Waals surface area contributed by atoms with Crippen LogP contribution in [-0.4, -0.2) is 30.1 Å². The highest BCUT2D eigenvalue weighted by atomic mass is 19.1. The topological polar surface area (TPSA) is 146 Å². The Morgan fingerprint density at radius 2 is 1.97 bits per heavy atom. The second-order valence-electron chi connectivity index (χ2n) is 7.23. The molecular formula is C23H23FN6O3. The minimum Gasteiger partial charge on any atom is -0.465 e. The van der Waals surface area contributed by atoms with Gasteiger partial charge in [0.25, 0.3) is 0 Å². The van der Waals surface area contributed by atoms with Crippen molar-refractivity contribution in [3.63, 3.8) is 0 Å². The fourth-order valence-electron chi connectivity index (χ4n) is 3.67. The van der Waals surface area contributed by atoms with Crippen LogP contribution in [0.25, 0.3) is 22.0 Å². The molecule has 4 aromatic rings. The van der Waals surface area contributed by atoms with Crippen LogP contribution in [0.4, 0.5) is 26.4 Å². The lowest BCUT2D eigenvalue weighted by atomic mass is 10.0. The molecule has 0 unspecified atom stereocenters. The van der Waals surface area contributed by atoms with Crippen molar-refractivity contribution in [3.8, 4) is 16.9 Å². The van der Waals surface area contributed by atoms with Crippen molar-refractivity contribution in [2.45, 2.75) is 6.54 Å². The average molecular weight is 450 g/mol. The minimum atomic E-state index is -0.890. The zero-order valence-electron chi connectivity index (χ0n) is 17.8. The van der Waals surface area contributed by atoms with Crippen LogP contribution in [0.15, 0.2) is 54.6 Å². The Morgan fingerprint density at radius 1 is 1.15 bits per heavy atom. The molecule has 0 aliphatic rings. The molecule has 1 heterocycles. The number of amides is 2. The summed E-state index contributed by atoms with van der Waals surface area (Å²) in [5, 5.41) is 7.70. The number of nitrogen functional groups attached to an aromatic ring is 1. The average Bonchev–Trinajstić information content (AvgIpc) is 3.20. The SMILES string of the molecule is COCOc1cc(-c2cccc3[nH]nc(N)c23)ccc1N(C(N)=O)c1cc(CN)ccc1F. The third kappa shape index (κ3) is 4.16. The quantitative estimate of drug-likeness (QED) is 0.317. The molecular weight excluding hydrogens is 427 g/mol. The van der Waals surface area contributed by atoms with Crippen LogP contribution in [0, 0.1) is 5.82 Å².